The number of fused-ring (bicyclic) bond motifs is 4. The van der Waals surface area contributed by atoms with E-state index in [-0.39, 0.29) is 5.91 Å². The number of carbonyl (C=O) groups excluding carboxylic acids is 1. The number of aromatic nitrogens is 1. The van der Waals surface area contributed by atoms with Crippen molar-refractivity contribution < 1.29 is 4.79 Å². The van der Waals surface area contributed by atoms with Crippen molar-refractivity contribution in [3.8, 4) is 10.4 Å². The molecule has 0 aliphatic carbocycles. The molecular formula is C17H19N3OS. The third-order valence-corrected chi connectivity index (χ3v) is 5.69. The maximum atomic E-state index is 12.9. The van der Waals surface area contributed by atoms with Gasteiger partial charge in [0.25, 0.3) is 5.91 Å². The lowest BCUT2D eigenvalue weighted by Gasteiger charge is -2.31. The fourth-order valence-corrected chi connectivity index (χ4v) is 4.30. The summed E-state index contributed by atoms with van der Waals surface area (Å²) in [5.74, 6) is 0.195. The number of hydrogen-bond donors (Lipinski definition) is 0. The molecular weight excluding hydrogens is 294 g/mol. The van der Waals surface area contributed by atoms with E-state index in [2.05, 4.69) is 14.8 Å². The zero-order valence-electron chi connectivity index (χ0n) is 12.4. The quantitative estimate of drug-likeness (QED) is 0.855. The number of rotatable bonds is 2. The van der Waals surface area contributed by atoms with Crippen LogP contribution in [0.15, 0.2) is 36.0 Å². The van der Waals surface area contributed by atoms with Crippen molar-refractivity contribution >= 4 is 17.2 Å². The zero-order valence-corrected chi connectivity index (χ0v) is 13.3. The van der Waals surface area contributed by atoms with Crippen LogP contribution in [0.2, 0.25) is 0 Å². The summed E-state index contributed by atoms with van der Waals surface area (Å²) in [5.41, 5.74) is 1.90. The molecule has 2 aromatic rings. The van der Waals surface area contributed by atoms with Crippen molar-refractivity contribution in [2.45, 2.75) is 18.9 Å². The molecule has 4 nitrogen and oxygen atoms in total. The van der Waals surface area contributed by atoms with Crippen LogP contribution in [0.3, 0.4) is 0 Å². The molecule has 3 fully saturated rings. The monoisotopic (exact) mass is 313 g/mol. The Balaban J connectivity index is 1.57. The molecule has 0 radical (unpaired) electrons. The molecule has 0 N–H and O–H groups in total. The Morgan fingerprint density at radius 3 is 2.86 bits per heavy atom. The van der Waals surface area contributed by atoms with Crippen LogP contribution in [0.4, 0.5) is 0 Å². The van der Waals surface area contributed by atoms with Gasteiger partial charge in [-0.25, -0.2) is 0 Å². The van der Waals surface area contributed by atoms with Crippen LogP contribution < -0.4 is 0 Å². The van der Waals surface area contributed by atoms with Gasteiger partial charge >= 0.3 is 0 Å². The minimum absolute atomic E-state index is 0.195. The summed E-state index contributed by atoms with van der Waals surface area (Å²) >= 11 is 1.62. The second-order valence-corrected chi connectivity index (χ2v) is 6.92. The zero-order chi connectivity index (χ0) is 14.9. The number of pyridine rings is 1. The van der Waals surface area contributed by atoms with E-state index < -0.39 is 0 Å². The topological polar surface area (TPSA) is 36.4 Å². The second kappa shape index (κ2) is 5.82. The van der Waals surface area contributed by atoms with E-state index in [0.717, 1.165) is 55.0 Å². The van der Waals surface area contributed by atoms with Gasteiger partial charge in [-0.15, -0.1) is 11.3 Å². The molecule has 3 saturated heterocycles. The van der Waals surface area contributed by atoms with E-state index in [0.29, 0.717) is 6.04 Å². The van der Waals surface area contributed by atoms with Gasteiger partial charge in [0.15, 0.2) is 0 Å². The van der Waals surface area contributed by atoms with E-state index in [9.17, 15) is 4.79 Å². The molecule has 1 amide bonds. The van der Waals surface area contributed by atoms with Gasteiger partial charge in [-0.05, 0) is 25.0 Å². The lowest BCUT2D eigenvalue weighted by molar-refractivity contribution is 0.0685. The molecule has 3 aliphatic heterocycles. The molecule has 2 bridgehead atoms. The van der Waals surface area contributed by atoms with Gasteiger partial charge < -0.3 is 9.80 Å². The Morgan fingerprint density at radius 2 is 2.09 bits per heavy atom. The van der Waals surface area contributed by atoms with Gasteiger partial charge in [-0.2, -0.15) is 0 Å². The first-order valence-electron chi connectivity index (χ1n) is 7.83. The number of carbonyl (C=O) groups is 1. The van der Waals surface area contributed by atoms with Gasteiger partial charge in [-0.3, -0.25) is 9.78 Å². The number of amides is 1. The average molecular weight is 313 g/mol. The summed E-state index contributed by atoms with van der Waals surface area (Å²) in [6, 6.07) is 6.40. The van der Waals surface area contributed by atoms with Gasteiger partial charge in [-0.1, -0.05) is 6.07 Å². The average Bonchev–Trinajstić information content (AvgIpc) is 2.88. The van der Waals surface area contributed by atoms with Crippen LogP contribution in [0.25, 0.3) is 10.4 Å². The molecule has 3 aliphatic rings. The molecule has 0 saturated carbocycles. The minimum Gasteiger partial charge on any atom is -0.334 e. The summed E-state index contributed by atoms with van der Waals surface area (Å²) in [4.78, 5) is 22.7. The number of thiophene rings is 1. The van der Waals surface area contributed by atoms with Crippen LogP contribution in [0, 0.1) is 0 Å². The third kappa shape index (κ3) is 2.55. The summed E-state index contributed by atoms with van der Waals surface area (Å²) in [7, 11) is 0. The maximum Gasteiger partial charge on any atom is 0.255 e. The highest BCUT2D eigenvalue weighted by Gasteiger charge is 2.32. The van der Waals surface area contributed by atoms with Crippen LogP contribution in [-0.4, -0.2) is 52.9 Å². The summed E-state index contributed by atoms with van der Waals surface area (Å²) in [6.07, 6.45) is 5.85. The summed E-state index contributed by atoms with van der Waals surface area (Å²) < 4.78 is 0. The molecule has 5 heteroatoms. The second-order valence-electron chi connectivity index (χ2n) is 6.01. The largest absolute Gasteiger partial charge is 0.334 e. The summed E-state index contributed by atoms with van der Waals surface area (Å²) in [6.45, 7) is 4.15. The van der Waals surface area contributed by atoms with E-state index in [1.807, 2.05) is 29.8 Å². The normalized spacial score (nSPS) is 24.3. The molecule has 5 rings (SSSR count). The first-order valence-corrected chi connectivity index (χ1v) is 8.71. The fourth-order valence-electron chi connectivity index (χ4n) is 3.43. The third-order valence-electron chi connectivity index (χ3n) is 4.71. The first-order chi connectivity index (χ1) is 10.8. The molecule has 114 valence electrons. The summed E-state index contributed by atoms with van der Waals surface area (Å²) in [5, 5.41) is 1.99. The van der Waals surface area contributed by atoms with Crippen LogP contribution in [0.5, 0.6) is 0 Å². The highest BCUT2D eigenvalue weighted by atomic mass is 32.1. The van der Waals surface area contributed by atoms with Crippen LogP contribution in [-0.2, 0) is 0 Å². The molecule has 22 heavy (non-hydrogen) atoms. The Kier molecular flexibility index (Phi) is 3.68. The lowest BCUT2D eigenvalue weighted by atomic mass is 10.0. The van der Waals surface area contributed by atoms with Gasteiger partial charge in [0, 0.05) is 60.4 Å². The molecule has 5 heterocycles. The van der Waals surface area contributed by atoms with Gasteiger partial charge in [0.05, 0.1) is 5.56 Å². The van der Waals surface area contributed by atoms with Crippen molar-refractivity contribution in [2.75, 3.05) is 26.2 Å². The van der Waals surface area contributed by atoms with E-state index in [1.165, 1.54) is 0 Å². The SMILES string of the molecule is O=C(c1csc(-c2cccnc2)c1)N1CCN2CCC1CC2. The van der Waals surface area contributed by atoms with Gasteiger partial charge in [0.2, 0.25) is 0 Å². The standard InChI is InChI=1S/C17H19N3OS/c21-17(20-9-8-19-6-3-15(20)4-7-19)14-10-16(22-12-14)13-2-1-5-18-11-13/h1-2,5,10-12,15H,3-4,6-9H2. The predicted octanol–water partition coefficient (Wildman–Crippen LogP) is 2.73. The maximum absolute atomic E-state index is 12.9. The highest BCUT2D eigenvalue weighted by molar-refractivity contribution is 7.13. The van der Waals surface area contributed by atoms with Crippen molar-refractivity contribution in [1.82, 2.24) is 14.8 Å². The number of piperidine rings is 1. The minimum atomic E-state index is 0.195. The smallest absolute Gasteiger partial charge is 0.255 e. The molecule has 0 spiro atoms. The van der Waals surface area contributed by atoms with Crippen LogP contribution >= 0.6 is 11.3 Å². The van der Waals surface area contributed by atoms with Gasteiger partial charge in [0.1, 0.15) is 0 Å². The van der Waals surface area contributed by atoms with Crippen molar-refractivity contribution in [1.29, 1.82) is 0 Å². The van der Waals surface area contributed by atoms with Crippen molar-refractivity contribution in [3.63, 3.8) is 0 Å². The molecule has 2 aromatic heterocycles. The molecule has 0 aromatic carbocycles. The first kappa shape index (κ1) is 13.9. The van der Waals surface area contributed by atoms with Crippen molar-refractivity contribution in [2.24, 2.45) is 0 Å². The van der Waals surface area contributed by atoms with E-state index >= 15 is 0 Å². The predicted molar refractivity (Wildman–Crippen MR) is 88.0 cm³/mol. The van der Waals surface area contributed by atoms with Crippen molar-refractivity contribution in [3.05, 3.63) is 41.5 Å². The fraction of sp³-hybridized carbons (Fsp3) is 0.412. The Labute approximate surface area is 134 Å². The highest BCUT2D eigenvalue weighted by Crippen LogP contribution is 2.29. The molecule has 0 unspecified atom stereocenters. The number of nitrogens with zero attached hydrogens (tertiary/aromatic N) is 3. The lowest BCUT2D eigenvalue weighted by Crippen LogP contribution is -2.41. The molecule has 0 atom stereocenters. The Bertz CT molecular complexity index is 662. The Morgan fingerprint density at radius 1 is 1.23 bits per heavy atom. The number of hydrogen-bond acceptors (Lipinski definition) is 4. The van der Waals surface area contributed by atoms with Crippen LogP contribution in [0.1, 0.15) is 23.2 Å². The van der Waals surface area contributed by atoms with E-state index in [4.69, 9.17) is 0 Å². The Hall–Kier alpha value is -1.72. The van der Waals surface area contributed by atoms with E-state index in [1.54, 1.807) is 17.5 Å².